The highest BCUT2D eigenvalue weighted by Gasteiger charge is 2.30. The van der Waals surface area contributed by atoms with Gasteiger partial charge in [0.05, 0.1) is 19.3 Å². The number of hydrogen-bond donors (Lipinski definition) is 0. The highest BCUT2D eigenvalue weighted by molar-refractivity contribution is 9.10. The molecule has 1 saturated heterocycles. The van der Waals surface area contributed by atoms with E-state index in [-0.39, 0.29) is 12.2 Å². The summed E-state index contributed by atoms with van der Waals surface area (Å²) in [6, 6.07) is 1.96. The first kappa shape index (κ1) is 19.0. The van der Waals surface area contributed by atoms with Crippen LogP contribution in [0.1, 0.15) is 32.8 Å². The summed E-state index contributed by atoms with van der Waals surface area (Å²) in [6.45, 7) is 9.66. The van der Waals surface area contributed by atoms with Gasteiger partial charge in [-0.15, -0.1) is 0 Å². The van der Waals surface area contributed by atoms with E-state index in [9.17, 15) is 4.79 Å². The maximum absolute atomic E-state index is 12.0. The van der Waals surface area contributed by atoms with E-state index < -0.39 is 5.60 Å². The molecule has 0 aliphatic carbocycles. The standard InChI is InChI=1S/C17H25BrN2O4/c1-12-9-13(18)10-19-15(12)23-8-7-22-14-5-6-20(11-14)16(21)24-17(2,3)4/h9-10,14H,5-8,11H2,1-4H3/t14-/m1/s1. The van der Waals surface area contributed by atoms with Crippen molar-refractivity contribution in [2.24, 2.45) is 0 Å². The third-order valence-electron chi connectivity index (χ3n) is 3.47. The van der Waals surface area contributed by atoms with Crippen LogP contribution >= 0.6 is 15.9 Å². The fourth-order valence-corrected chi connectivity index (χ4v) is 2.83. The van der Waals surface area contributed by atoms with Crippen molar-refractivity contribution in [2.75, 3.05) is 26.3 Å². The number of aromatic nitrogens is 1. The van der Waals surface area contributed by atoms with Gasteiger partial charge in [-0.25, -0.2) is 9.78 Å². The Morgan fingerprint density at radius 3 is 2.83 bits per heavy atom. The Morgan fingerprint density at radius 1 is 1.42 bits per heavy atom. The van der Waals surface area contributed by atoms with E-state index in [0.717, 1.165) is 16.5 Å². The van der Waals surface area contributed by atoms with E-state index in [1.165, 1.54) is 0 Å². The second-order valence-electron chi connectivity index (χ2n) is 6.83. The summed E-state index contributed by atoms with van der Waals surface area (Å²) in [5, 5.41) is 0. The van der Waals surface area contributed by atoms with E-state index in [1.807, 2.05) is 33.8 Å². The molecule has 7 heteroatoms. The maximum atomic E-state index is 12.0. The van der Waals surface area contributed by atoms with Gasteiger partial charge in [0.2, 0.25) is 5.88 Å². The molecule has 24 heavy (non-hydrogen) atoms. The highest BCUT2D eigenvalue weighted by atomic mass is 79.9. The van der Waals surface area contributed by atoms with Crippen LogP contribution in [0, 0.1) is 6.92 Å². The summed E-state index contributed by atoms with van der Waals surface area (Å²) < 4.78 is 17.7. The van der Waals surface area contributed by atoms with Crippen molar-refractivity contribution in [3.05, 3.63) is 22.3 Å². The molecule has 1 atom stereocenters. The molecule has 2 rings (SSSR count). The van der Waals surface area contributed by atoms with Crippen molar-refractivity contribution < 1.29 is 19.0 Å². The quantitative estimate of drug-likeness (QED) is 0.707. The van der Waals surface area contributed by atoms with Gasteiger partial charge in [0.25, 0.3) is 0 Å². The van der Waals surface area contributed by atoms with Crippen molar-refractivity contribution in [3.8, 4) is 5.88 Å². The molecule has 1 fully saturated rings. The van der Waals surface area contributed by atoms with Gasteiger partial charge in [-0.05, 0) is 56.1 Å². The van der Waals surface area contributed by atoms with Gasteiger partial charge in [0, 0.05) is 22.8 Å². The molecular weight excluding hydrogens is 376 g/mol. The van der Waals surface area contributed by atoms with Crippen molar-refractivity contribution in [1.29, 1.82) is 0 Å². The van der Waals surface area contributed by atoms with Gasteiger partial charge >= 0.3 is 6.09 Å². The van der Waals surface area contributed by atoms with E-state index in [4.69, 9.17) is 14.2 Å². The van der Waals surface area contributed by atoms with E-state index in [1.54, 1.807) is 11.1 Å². The van der Waals surface area contributed by atoms with Crippen LogP contribution in [0.2, 0.25) is 0 Å². The van der Waals surface area contributed by atoms with Gasteiger partial charge in [0.15, 0.2) is 0 Å². The van der Waals surface area contributed by atoms with Crippen LogP contribution in [0.4, 0.5) is 4.79 Å². The number of amides is 1. The van der Waals surface area contributed by atoms with Gasteiger partial charge < -0.3 is 19.1 Å². The molecule has 0 spiro atoms. The van der Waals surface area contributed by atoms with E-state index in [2.05, 4.69) is 20.9 Å². The summed E-state index contributed by atoms with van der Waals surface area (Å²) in [4.78, 5) is 17.9. The van der Waals surface area contributed by atoms with Crippen LogP contribution in [-0.2, 0) is 9.47 Å². The number of likely N-dealkylation sites (tertiary alicyclic amines) is 1. The number of nitrogens with zero attached hydrogens (tertiary/aromatic N) is 2. The lowest BCUT2D eigenvalue weighted by atomic mass is 10.2. The molecule has 0 saturated carbocycles. The topological polar surface area (TPSA) is 60.9 Å². The lowest BCUT2D eigenvalue weighted by Crippen LogP contribution is -2.36. The smallest absolute Gasteiger partial charge is 0.410 e. The second kappa shape index (κ2) is 8.16. The second-order valence-corrected chi connectivity index (χ2v) is 7.75. The van der Waals surface area contributed by atoms with Gasteiger partial charge in [-0.3, -0.25) is 0 Å². The number of ether oxygens (including phenoxy) is 3. The SMILES string of the molecule is Cc1cc(Br)cnc1OCCO[C@@H]1CCN(C(=O)OC(C)(C)C)C1. The van der Waals surface area contributed by atoms with Crippen LogP contribution in [0.3, 0.4) is 0 Å². The number of rotatable bonds is 5. The molecule has 0 unspecified atom stereocenters. The molecule has 134 valence electrons. The molecule has 6 nitrogen and oxygen atoms in total. The lowest BCUT2D eigenvalue weighted by molar-refractivity contribution is 0.0169. The fraction of sp³-hybridized carbons (Fsp3) is 0.647. The molecule has 1 aromatic heterocycles. The number of carbonyl (C=O) groups is 1. The summed E-state index contributed by atoms with van der Waals surface area (Å²) in [5.41, 5.74) is 0.501. The molecule has 1 aliphatic heterocycles. The van der Waals surface area contributed by atoms with Crippen molar-refractivity contribution >= 4 is 22.0 Å². The average Bonchev–Trinajstić information content (AvgIpc) is 2.92. The monoisotopic (exact) mass is 400 g/mol. The van der Waals surface area contributed by atoms with Crippen molar-refractivity contribution in [1.82, 2.24) is 9.88 Å². The molecule has 0 bridgehead atoms. The minimum Gasteiger partial charge on any atom is -0.475 e. The van der Waals surface area contributed by atoms with E-state index in [0.29, 0.717) is 32.2 Å². The van der Waals surface area contributed by atoms with Crippen LogP contribution in [0.15, 0.2) is 16.7 Å². The van der Waals surface area contributed by atoms with Gasteiger partial charge in [-0.1, -0.05) is 0 Å². The van der Waals surface area contributed by atoms with Crippen molar-refractivity contribution in [3.63, 3.8) is 0 Å². The van der Waals surface area contributed by atoms with Gasteiger partial charge in [0.1, 0.15) is 12.2 Å². The van der Waals surface area contributed by atoms with Crippen LogP contribution in [0.25, 0.3) is 0 Å². The Labute approximate surface area is 151 Å². The first-order chi connectivity index (χ1) is 11.2. The van der Waals surface area contributed by atoms with Crippen molar-refractivity contribution in [2.45, 2.75) is 45.8 Å². The zero-order valence-electron chi connectivity index (χ0n) is 14.7. The predicted molar refractivity (Wildman–Crippen MR) is 94.3 cm³/mol. The zero-order chi connectivity index (χ0) is 17.7. The largest absolute Gasteiger partial charge is 0.475 e. The molecule has 2 heterocycles. The zero-order valence-corrected chi connectivity index (χ0v) is 16.3. The minimum atomic E-state index is -0.473. The van der Waals surface area contributed by atoms with Crippen LogP contribution < -0.4 is 4.74 Å². The molecule has 0 N–H and O–H groups in total. The van der Waals surface area contributed by atoms with E-state index >= 15 is 0 Å². The molecule has 0 radical (unpaired) electrons. The number of carbonyl (C=O) groups excluding carboxylic acids is 1. The molecular formula is C17H25BrN2O4. The summed E-state index contributed by atoms with van der Waals surface area (Å²) in [6.07, 6.45) is 2.27. The first-order valence-corrected chi connectivity index (χ1v) is 8.88. The number of halogens is 1. The molecule has 1 amide bonds. The molecule has 1 aliphatic rings. The summed E-state index contributed by atoms with van der Waals surface area (Å²) in [5.74, 6) is 0.614. The highest BCUT2D eigenvalue weighted by Crippen LogP contribution is 2.19. The Kier molecular flexibility index (Phi) is 6.46. The van der Waals surface area contributed by atoms with Crippen LogP contribution in [-0.4, -0.2) is 54.0 Å². The summed E-state index contributed by atoms with van der Waals surface area (Å²) in [7, 11) is 0. The Balaban J connectivity index is 1.68. The minimum absolute atomic E-state index is 0.0279. The number of pyridine rings is 1. The number of hydrogen-bond acceptors (Lipinski definition) is 5. The third-order valence-corrected chi connectivity index (χ3v) is 3.90. The Morgan fingerprint density at radius 2 is 2.17 bits per heavy atom. The maximum Gasteiger partial charge on any atom is 0.410 e. The first-order valence-electron chi connectivity index (χ1n) is 8.09. The lowest BCUT2D eigenvalue weighted by Gasteiger charge is -2.24. The normalized spacial score (nSPS) is 17.9. The Hall–Kier alpha value is -1.34. The average molecular weight is 401 g/mol. The summed E-state index contributed by atoms with van der Waals surface area (Å²) >= 11 is 3.37. The molecule has 1 aromatic rings. The Bertz CT molecular complexity index is 574. The van der Waals surface area contributed by atoms with Gasteiger partial charge in [-0.2, -0.15) is 0 Å². The predicted octanol–water partition coefficient (Wildman–Crippen LogP) is 3.56. The van der Waals surface area contributed by atoms with Crippen LogP contribution in [0.5, 0.6) is 5.88 Å². The number of aryl methyl sites for hydroxylation is 1. The fourth-order valence-electron chi connectivity index (χ4n) is 2.39. The molecule has 0 aromatic carbocycles. The third kappa shape index (κ3) is 5.94.